The number of amides is 3. The van der Waals surface area contributed by atoms with Gasteiger partial charge in [-0.1, -0.05) is 24.3 Å². The zero-order valence-corrected chi connectivity index (χ0v) is 16.0. The monoisotopic (exact) mass is 401 g/mol. The predicted molar refractivity (Wildman–Crippen MR) is 106 cm³/mol. The topological polar surface area (TPSA) is 69.7 Å². The minimum Gasteiger partial charge on any atom is -0.324 e. The van der Waals surface area contributed by atoms with Crippen molar-refractivity contribution < 1.29 is 18.2 Å². The maximum atomic E-state index is 13.3. The maximum absolute atomic E-state index is 13.3. The van der Waals surface area contributed by atoms with E-state index < -0.39 is 21.5 Å². The molecule has 1 unspecified atom stereocenters. The molecule has 1 spiro atoms. The van der Waals surface area contributed by atoms with Crippen LogP contribution in [0.5, 0.6) is 0 Å². The summed E-state index contributed by atoms with van der Waals surface area (Å²) in [7, 11) is -1.33. The molecule has 2 saturated heterocycles. The molecule has 0 aliphatic carbocycles. The van der Waals surface area contributed by atoms with E-state index in [0.717, 1.165) is 5.69 Å². The Morgan fingerprint density at radius 1 is 1.07 bits per heavy atom. The molecule has 2 aliphatic heterocycles. The molecule has 4 rings (SSSR count). The molecule has 2 aromatic carbocycles. The van der Waals surface area contributed by atoms with Crippen LogP contribution in [0.15, 0.2) is 54.6 Å². The highest BCUT2D eigenvalue weighted by Crippen LogP contribution is 2.40. The van der Waals surface area contributed by atoms with Crippen molar-refractivity contribution in [2.45, 2.75) is 17.7 Å². The fourth-order valence-corrected chi connectivity index (χ4v) is 5.55. The number of urea groups is 1. The maximum Gasteiger partial charge on any atom is 0.321 e. The van der Waals surface area contributed by atoms with Gasteiger partial charge in [0, 0.05) is 37.3 Å². The quantitative estimate of drug-likeness (QED) is 0.841. The molecule has 2 fully saturated rings. The van der Waals surface area contributed by atoms with Gasteiger partial charge >= 0.3 is 6.03 Å². The molecule has 0 aromatic heterocycles. The number of anilines is 2. The summed E-state index contributed by atoms with van der Waals surface area (Å²) >= 11 is 0. The van der Waals surface area contributed by atoms with Crippen LogP contribution in [-0.4, -0.2) is 44.8 Å². The summed E-state index contributed by atoms with van der Waals surface area (Å²) in [5.74, 6) is -0.569. The Balaban J connectivity index is 1.49. The first-order valence-electron chi connectivity index (χ1n) is 9.08. The van der Waals surface area contributed by atoms with Crippen molar-refractivity contribution in [2.24, 2.45) is 0 Å². The number of nitrogens with zero attached hydrogens (tertiary/aromatic N) is 2. The van der Waals surface area contributed by atoms with E-state index in [1.54, 1.807) is 15.9 Å². The third-order valence-electron chi connectivity index (χ3n) is 5.26. The van der Waals surface area contributed by atoms with Crippen molar-refractivity contribution in [2.75, 3.05) is 29.1 Å². The SMILES string of the molecule is O=C(Nc1cccc(F)c1)N1CCC2(CC1)N(c1ccccc1)C(=O)CS2=O. The summed E-state index contributed by atoms with van der Waals surface area (Å²) in [6.07, 6.45) is 0.855. The van der Waals surface area contributed by atoms with Crippen LogP contribution >= 0.6 is 0 Å². The van der Waals surface area contributed by atoms with Crippen molar-refractivity contribution in [3.63, 3.8) is 0 Å². The van der Waals surface area contributed by atoms with Crippen molar-refractivity contribution in [3.05, 3.63) is 60.4 Å². The number of benzene rings is 2. The molecule has 3 amide bonds. The van der Waals surface area contributed by atoms with E-state index in [9.17, 15) is 18.2 Å². The Labute approximate surface area is 164 Å². The number of rotatable bonds is 2. The lowest BCUT2D eigenvalue weighted by Crippen LogP contribution is -2.56. The zero-order valence-electron chi connectivity index (χ0n) is 15.1. The number of hydrogen-bond donors (Lipinski definition) is 1. The van der Waals surface area contributed by atoms with E-state index >= 15 is 0 Å². The van der Waals surface area contributed by atoms with Crippen molar-refractivity contribution >= 4 is 34.1 Å². The molecule has 1 atom stereocenters. The van der Waals surface area contributed by atoms with E-state index in [4.69, 9.17) is 0 Å². The van der Waals surface area contributed by atoms with E-state index in [0.29, 0.717) is 31.6 Å². The highest BCUT2D eigenvalue weighted by Gasteiger charge is 2.53. The van der Waals surface area contributed by atoms with E-state index in [2.05, 4.69) is 5.32 Å². The molecule has 0 saturated carbocycles. The smallest absolute Gasteiger partial charge is 0.321 e. The second kappa shape index (κ2) is 7.35. The van der Waals surface area contributed by atoms with Gasteiger partial charge in [-0.3, -0.25) is 13.9 Å². The van der Waals surface area contributed by atoms with Gasteiger partial charge in [-0.2, -0.15) is 0 Å². The molecule has 146 valence electrons. The Morgan fingerprint density at radius 3 is 2.46 bits per heavy atom. The minimum atomic E-state index is -1.33. The molecule has 2 aliphatic rings. The third kappa shape index (κ3) is 3.28. The Bertz CT molecular complexity index is 929. The number of carbonyl (C=O) groups is 2. The van der Waals surface area contributed by atoms with Crippen LogP contribution in [0.1, 0.15) is 12.8 Å². The Kier molecular flexibility index (Phi) is 4.89. The summed E-state index contributed by atoms with van der Waals surface area (Å²) in [6.45, 7) is 0.729. The molecule has 28 heavy (non-hydrogen) atoms. The first-order chi connectivity index (χ1) is 13.5. The van der Waals surface area contributed by atoms with Crippen LogP contribution in [0.3, 0.4) is 0 Å². The second-order valence-electron chi connectivity index (χ2n) is 6.93. The van der Waals surface area contributed by atoms with Gasteiger partial charge in [0.15, 0.2) is 0 Å². The predicted octanol–water partition coefficient (Wildman–Crippen LogP) is 2.95. The van der Waals surface area contributed by atoms with Crippen LogP contribution in [0.25, 0.3) is 0 Å². The van der Waals surface area contributed by atoms with Gasteiger partial charge in [-0.25, -0.2) is 9.18 Å². The van der Waals surface area contributed by atoms with Crippen molar-refractivity contribution in [1.82, 2.24) is 4.90 Å². The fourth-order valence-electron chi connectivity index (χ4n) is 3.88. The lowest BCUT2D eigenvalue weighted by atomic mass is 10.0. The largest absolute Gasteiger partial charge is 0.324 e. The number of para-hydroxylation sites is 1. The second-order valence-corrected chi connectivity index (χ2v) is 8.67. The molecule has 0 bridgehead atoms. The molecule has 2 heterocycles. The molecule has 2 aromatic rings. The van der Waals surface area contributed by atoms with Crippen LogP contribution in [0, 0.1) is 5.82 Å². The van der Waals surface area contributed by atoms with Crippen LogP contribution in [-0.2, 0) is 15.6 Å². The third-order valence-corrected chi connectivity index (χ3v) is 7.21. The van der Waals surface area contributed by atoms with Gasteiger partial charge < -0.3 is 10.2 Å². The van der Waals surface area contributed by atoms with E-state index in [1.807, 2.05) is 30.3 Å². The first kappa shape index (κ1) is 18.6. The van der Waals surface area contributed by atoms with Gasteiger partial charge in [0.25, 0.3) is 0 Å². The summed E-state index contributed by atoms with van der Waals surface area (Å²) in [6, 6.07) is 14.6. The average Bonchev–Trinajstić information content (AvgIpc) is 2.92. The van der Waals surface area contributed by atoms with Gasteiger partial charge in [-0.05, 0) is 30.3 Å². The standard InChI is InChI=1S/C20H20FN3O3S/c21-15-5-4-6-16(13-15)22-19(26)23-11-9-20(10-12-23)24(18(25)14-28(20)27)17-7-2-1-3-8-17/h1-8,13H,9-12,14H2,(H,22,26). The van der Waals surface area contributed by atoms with Gasteiger partial charge in [0.2, 0.25) is 5.91 Å². The first-order valence-corrected chi connectivity index (χ1v) is 10.4. The van der Waals surface area contributed by atoms with Crippen molar-refractivity contribution in [1.29, 1.82) is 0 Å². The summed E-state index contributed by atoms with van der Waals surface area (Å²) in [5.41, 5.74) is 1.12. The molecular weight excluding hydrogens is 381 g/mol. The van der Waals surface area contributed by atoms with Gasteiger partial charge in [0.1, 0.15) is 16.4 Å². The van der Waals surface area contributed by atoms with Gasteiger partial charge in [-0.15, -0.1) is 0 Å². The number of piperidine rings is 1. The molecule has 8 heteroatoms. The highest BCUT2D eigenvalue weighted by atomic mass is 32.2. The average molecular weight is 401 g/mol. The number of carbonyl (C=O) groups excluding carboxylic acids is 2. The summed E-state index contributed by atoms with van der Waals surface area (Å²) in [4.78, 5) is 27.6. The van der Waals surface area contributed by atoms with Crippen LogP contribution in [0.2, 0.25) is 0 Å². The van der Waals surface area contributed by atoms with E-state index in [-0.39, 0.29) is 17.7 Å². The van der Waals surface area contributed by atoms with E-state index in [1.165, 1.54) is 18.2 Å². The fraction of sp³-hybridized carbons (Fsp3) is 0.300. The normalized spacial score (nSPS) is 21.2. The molecule has 0 radical (unpaired) electrons. The van der Waals surface area contributed by atoms with Crippen LogP contribution < -0.4 is 10.2 Å². The zero-order chi connectivity index (χ0) is 19.7. The number of likely N-dealkylation sites (tertiary alicyclic amines) is 1. The molecule has 6 nitrogen and oxygen atoms in total. The van der Waals surface area contributed by atoms with Crippen LogP contribution in [0.4, 0.5) is 20.6 Å². The van der Waals surface area contributed by atoms with Crippen molar-refractivity contribution in [3.8, 4) is 0 Å². The summed E-state index contributed by atoms with van der Waals surface area (Å²) in [5, 5.41) is 2.68. The lowest BCUT2D eigenvalue weighted by molar-refractivity contribution is -0.116. The highest BCUT2D eigenvalue weighted by molar-refractivity contribution is 7.88. The number of hydrogen-bond acceptors (Lipinski definition) is 3. The Hall–Kier alpha value is -2.74. The minimum absolute atomic E-state index is 0.00435. The molecule has 1 N–H and O–H groups in total. The lowest BCUT2D eigenvalue weighted by Gasteiger charge is -2.43. The van der Waals surface area contributed by atoms with Gasteiger partial charge in [0.05, 0.1) is 10.8 Å². The number of nitrogens with one attached hydrogen (secondary N) is 1. The molecular formula is C20H20FN3O3S. The summed E-state index contributed by atoms with van der Waals surface area (Å²) < 4.78 is 26.1. The number of halogens is 1. The Morgan fingerprint density at radius 2 is 1.79 bits per heavy atom.